The van der Waals surface area contributed by atoms with Gasteiger partial charge in [0, 0.05) is 6.42 Å². The normalized spacial score (nSPS) is 18.4. The van der Waals surface area contributed by atoms with Crippen LogP contribution < -0.4 is 9.47 Å². The Morgan fingerprint density at radius 3 is 2.32 bits per heavy atom. The van der Waals surface area contributed by atoms with Crippen LogP contribution in [-0.2, 0) is 20.9 Å². The molecule has 1 aliphatic rings. The van der Waals surface area contributed by atoms with E-state index < -0.39 is 18.1 Å². The van der Waals surface area contributed by atoms with E-state index in [-0.39, 0.29) is 19.3 Å². The summed E-state index contributed by atoms with van der Waals surface area (Å²) in [4.78, 5) is 26.1. The number of amides is 1. The monoisotopic (exact) mass is 385 g/mol. The summed E-state index contributed by atoms with van der Waals surface area (Å²) in [6.45, 7) is 0.369. The predicted molar refractivity (Wildman–Crippen MR) is 101 cm³/mol. The van der Waals surface area contributed by atoms with Crippen molar-refractivity contribution in [2.24, 2.45) is 0 Å². The van der Waals surface area contributed by atoms with Crippen molar-refractivity contribution in [3.63, 3.8) is 0 Å². The zero-order valence-electron chi connectivity index (χ0n) is 15.9. The lowest BCUT2D eigenvalue weighted by Gasteiger charge is -2.21. The fraction of sp³-hybridized carbons (Fsp3) is 0.333. The summed E-state index contributed by atoms with van der Waals surface area (Å²) in [5.41, 5.74) is 0.871. The molecule has 0 aliphatic carbocycles. The Balaban J connectivity index is 1.64. The maximum atomic E-state index is 12.6. The van der Waals surface area contributed by atoms with Crippen molar-refractivity contribution in [3.05, 3.63) is 60.2 Å². The number of carbonyl (C=O) groups excluding carboxylic acids is 2. The predicted octanol–water partition coefficient (Wildman–Crippen LogP) is 3.03. The molecule has 1 unspecified atom stereocenters. The van der Waals surface area contributed by atoms with Crippen LogP contribution in [0.25, 0.3) is 0 Å². The Bertz CT molecular complexity index is 792. The van der Waals surface area contributed by atoms with Crippen molar-refractivity contribution in [1.82, 2.24) is 4.90 Å². The van der Waals surface area contributed by atoms with Crippen LogP contribution >= 0.6 is 0 Å². The third kappa shape index (κ3) is 4.73. The van der Waals surface area contributed by atoms with E-state index in [0.29, 0.717) is 12.2 Å². The average Bonchev–Trinajstić information content (AvgIpc) is 3.16. The van der Waals surface area contributed by atoms with E-state index in [9.17, 15) is 9.59 Å². The molecule has 1 aliphatic heterocycles. The summed E-state index contributed by atoms with van der Waals surface area (Å²) < 4.78 is 21.3. The van der Waals surface area contributed by atoms with Gasteiger partial charge in [0.15, 0.2) is 0 Å². The molecule has 28 heavy (non-hydrogen) atoms. The van der Waals surface area contributed by atoms with Gasteiger partial charge in [-0.3, -0.25) is 4.90 Å². The molecule has 0 saturated carbocycles. The van der Waals surface area contributed by atoms with E-state index in [2.05, 4.69) is 0 Å². The molecule has 0 bridgehead atoms. The molecular formula is C21H23NO6. The summed E-state index contributed by atoms with van der Waals surface area (Å²) >= 11 is 0. The highest BCUT2D eigenvalue weighted by Crippen LogP contribution is 2.26. The van der Waals surface area contributed by atoms with Crippen molar-refractivity contribution < 1.29 is 28.5 Å². The van der Waals surface area contributed by atoms with Crippen molar-refractivity contribution in [3.8, 4) is 11.5 Å². The van der Waals surface area contributed by atoms with E-state index in [1.165, 1.54) is 12.0 Å². The third-order valence-corrected chi connectivity index (χ3v) is 4.54. The van der Waals surface area contributed by atoms with Crippen LogP contribution in [0, 0.1) is 0 Å². The van der Waals surface area contributed by atoms with Gasteiger partial charge in [-0.15, -0.1) is 0 Å². The SMILES string of the molecule is COC(=O)[C@@H]1CC(Oc2ccc(OC)cc2)CN1C(=O)OCc1ccccc1. The number of methoxy groups -OCH3 is 2. The van der Waals surface area contributed by atoms with E-state index in [1.807, 2.05) is 30.3 Å². The first-order valence-corrected chi connectivity index (χ1v) is 8.96. The number of benzene rings is 2. The Kier molecular flexibility index (Phi) is 6.37. The molecule has 1 fully saturated rings. The number of nitrogens with zero attached hydrogens (tertiary/aromatic N) is 1. The number of esters is 1. The molecular weight excluding hydrogens is 362 g/mol. The maximum absolute atomic E-state index is 12.6. The summed E-state index contributed by atoms with van der Waals surface area (Å²) in [6.07, 6.45) is -0.582. The lowest BCUT2D eigenvalue weighted by atomic mass is 10.2. The standard InChI is InChI=1S/C21H23NO6/c1-25-16-8-10-17(11-9-16)28-18-12-19(20(23)26-2)22(13-18)21(24)27-14-15-6-4-3-5-7-15/h3-11,18-19H,12-14H2,1-2H3/t18?,19-/m0/s1. The molecule has 1 heterocycles. The molecule has 148 valence electrons. The second-order valence-electron chi connectivity index (χ2n) is 6.38. The molecule has 3 rings (SSSR count). The van der Waals surface area contributed by atoms with Gasteiger partial charge in [0.05, 0.1) is 20.8 Å². The highest BCUT2D eigenvalue weighted by Gasteiger charge is 2.42. The molecule has 1 amide bonds. The van der Waals surface area contributed by atoms with Gasteiger partial charge >= 0.3 is 12.1 Å². The van der Waals surface area contributed by atoms with Gasteiger partial charge in [0.2, 0.25) is 0 Å². The highest BCUT2D eigenvalue weighted by molar-refractivity contribution is 5.82. The third-order valence-electron chi connectivity index (χ3n) is 4.54. The van der Waals surface area contributed by atoms with E-state index in [4.69, 9.17) is 18.9 Å². The number of ether oxygens (including phenoxy) is 4. The topological polar surface area (TPSA) is 74.3 Å². The minimum atomic E-state index is -0.739. The second-order valence-corrected chi connectivity index (χ2v) is 6.38. The number of hydrogen-bond donors (Lipinski definition) is 0. The summed E-state index contributed by atoms with van der Waals surface area (Å²) in [6, 6.07) is 15.8. The fourth-order valence-electron chi connectivity index (χ4n) is 3.09. The summed E-state index contributed by atoms with van der Waals surface area (Å²) in [7, 11) is 2.89. The first-order valence-electron chi connectivity index (χ1n) is 8.96. The van der Waals surface area contributed by atoms with Crippen LogP contribution in [0.1, 0.15) is 12.0 Å². The maximum Gasteiger partial charge on any atom is 0.410 e. The lowest BCUT2D eigenvalue weighted by Crippen LogP contribution is -2.41. The first kappa shape index (κ1) is 19.5. The smallest absolute Gasteiger partial charge is 0.410 e. The molecule has 0 radical (unpaired) electrons. The number of hydrogen-bond acceptors (Lipinski definition) is 6. The highest BCUT2D eigenvalue weighted by atomic mass is 16.6. The van der Waals surface area contributed by atoms with Crippen LogP contribution in [0.3, 0.4) is 0 Å². The van der Waals surface area contributed by atoms with Crippen LogP contribution in [0.4, 0.5) is 4.79 Å². The first-order chi connectivity index (χ1) is 13.6. The Hall–Kier alpha value is -3.22. The minimum absolute atomic E-state index is 0.133. The zero-order chi connectivity index (χ0) is 19.9. The fourth-order valence-corrected chi connectivity index (χ4v) is 3.09. The molecule has 0 N–H and O–H groups in total. The molecule has 7 heteroatoms. The van der Waals surface area contributed by atoms with Gasteiger partial charge in [0.1, 0.15) is 30.3 Å². The van der Waals surface area contributed by atoms with Gasteiger partial charge in [-0.2, -0.15) is 0 Å². The molecule has 2 atom stereocenters. The van der Waals surface area contributed by atoms with E-state index >= 15 is 0 Å². The van der Waals surface area contributed by atoms with Crippen molar-refractivity contribution >= 4 is 12.1 Å². The molecule has 0 spiro atoms. The zero-order valence-corrected chi connectivity index (χ0v) is 15.9. The van der Waals surface area contributed by atoms with Gasteiger partial charge in [-0.1, -0.05) is 30.3 Å². The van der Waals surface area contributed by atoms with Crippen molar-refractivity contribution in [2.75, 3.05) is 20.8 Å². The molecule has 2 aromatic rings. The van der Waals surface area contributed by atoms with Gasteiger partial charge in [0.25, 0.3) is 0 Å². The van der Waals surface area contributed by atoms with Gasteiger partial charge < -0.3 is 18.9 Å². The molecule has 2 aromatic carbocycles. The van der Waals surface area contributed by atoms with Crippen molar-refractivity contribution in [1.29, 1.82) is 0 Å². The average molecular weight is 385 g/mol. The quantitative estimate of drug-likeness (QED) is 0.712. The van der Waals surface area contributed by atoms with Crippen LogP contribution in [0.5, 0.6) is 11.5 Å². The molecule has 0 aromatic heterocycles. The molecule has 1 saturated heterocycles. The number of likely N-dealkylation sites (tertiary alicyclic amines) is 1. The summed E-state index contributed by atoms with van der Waals surface area (Å²) in [5.74, 6) is 0.865. The lowest BCUT2D eigenvalue weighted by molar-refractivity contribution is -0.145. The van der Waals surface area contributed by atoms with E-state index in [1.54, 1.807) is 31.4 Å². The van der Waals surface area contributed by atoms with Crippen LogP contribution in [0.15, 0.2) is 54.6 Å². The Morgan fingerprint density at radius 1 is 1.00 bits per heavy atom. The molecule has 7 nitrogen and oxygen atoms in total. The second kappa shape index (κ2) is 9.12. The summed E-state index contributed by atoms with van der Waals surface area (Å²) in [5, 5.41) is 0. The number of carbonyl (C=O) groups is 2. The van der Waals surface area contributed by atoms with Gasteiger partial charge in [-0.05, 0) is 29.8 Å². The largest absolute Gasteiger partial charge is 0.497 e. The van der Waals surface area contributed by atoms with Crippen LogP contribution in [-0.4, -0.2) is 49.9 Å². The Morgan fingerprint density at radius 2 is 1.68 bits per heavy atom. The van der Waals surface area contributed by atoms with Crippen LogP contribution in [0.2, 0.25) is 0 Å². The minimum Gasteiger partial charge on any atom is -0.497 e. The van der Waals surface area contributed by atoms with Gasteiger partial charge in [-0.25, -0.2) is 9.59 Å². The van der Waals surface area contributed by atoms with E-state index in [0.717, 1.165) is 11.3 Å². The number of rotatable bonds is 6. The Labute approximate surface area is 163 Å². The van der Waals surface area contributed by atoms with Crippen molar-refractivity contribution in [2.45, 2.75) is 25.2 Å².